The van der Waals surface area contributed by atoms with Crippen LogP contribution in [0.4, 0.5) is 11.4 Å². The Morgan fingerprint density at radius 1 is 1.29 bits per heavy atom. The number of nitrogen functional groups attached to an aromatic ring is 1. The van der Waals surface area contributed by atoms with Crippen LogP contribution in [-0.4, -0.2) is 6.04 Å². The third kappa shape index (κ3) is 2.86. The molecular weight excluding hydrogens is 232 g/mol. The highest BCUT2D eigenvalue weighted by molar-refractivity contribution is 6.31. The number of anilines is 2. The minimum absolute atomic E-state index is 0.530. The Kier molecular flexibility index (Phi) is 3.82. The fraction of sp³-hybridized carbons (Fsp3) is 0.571. The molecule has 0 amide bonds. The van der Waals surface area contributed by atoms with Crippen molar-refractivity contribution in [3.8, 4) is 0 Å². The zero-order valence-corrected chi connectivity index (χ0v) is 11.3. The molecule has 1 aliphatic carbocycles. The van der Waals surface area contributed by atoms with Crippen LogP contribution >= 0.6 is 11.6 Å². The highest BCUT2D eigenvalue weighted by Gasteiger charge is 2.27. The SMILES string of the molecule is CC1CCCC(Nc2ccc(Cl)cc2N)C1C. The molecular formula is C14H21ClN2. The summed E-state index contributed by atoms with van der Waals surface area (Å²) in [6.07, 6.45) is 3.87. The summed E-state index contributed by atoms with van der Waals surface area (Å²) in [4.78, 5) is 0. The summed E-state index contributed by atoms with van der Waals surface area (Å²) >= 11 is 5.90. The minimum atomic E-state index is 0.530. The van der Waals surface area contributed by atoms with Crippen LogP contribution in [-0.2, 0) is 0 Å². The first-order valence-corrected chi connectivity index (χ1v) is 6.77. The largest absolute Gasteiger partial charge is 0.397 e. The predicted octanol–water partition coefficient (Wildman–Crippen LogP) is 4.16. The standard InChI is InChI=1S/C14H21ClN2/c1-9-4-3-5-13(10(9)2)17-14-7-6-11(15)8-12(14)16/h6-10,13,17H,3-5,16H2,1-2H3. The monoisotopic (exact) mass is 252 g/mol. The molecule has 0 bridgehead atoms. The molecule has 0 saturated heterocycles. The molecule has 1 aromatic carbocycles. The lowest BCUT2D eigenvalue weighted by molar-refractivity contribution is 0.253. The average molecular weight is 253 g/mol. The maximum Gasteiger partial charge on any atom is 0.0577 e. The van der Waals surface area contributed by atoms with Gasteiger partial charge in [-0.25, -0.2) is 0 Å². The molecule has 2 rings (SSSR count). The molecule has 3 N–H and O–H groups in total. The predicted molar refractivity (Wildman–Crippen MR) is 75.5 cm³/mol. The van der Waals surface area contributed by atoms with Crippen LogP contribution in [0.25, 0.3) is 0 Å². The molecule has 2 nitrogen and oxygen atoms in total. The van der Waals surface area contributed by atoms with Crippen molar-refractivity contribution in [1.29, 1.82) is 0 Å². The van der Waals surface area contributed by atoms with Gasteiger partial charge in [0.25, 0.3) is 0 Å². The van der Waals surface area contributed by atoms with E-state index in [0.29, 0.717) is 17.0 Å². The second-order valence-corrected chi connectivity index (χ2v) is 5.69. The number of nitrogens with two attached hydrogens (primary N) is 1. The van der Waals surface area contributed by atoms with Gasteiger partial charge in [0.2, 0.25) is 0 Å². The van der Waals surface area contributed by atoms with Crippen LogP contribution in [0.3, 0.4) is 0 Å². The fourth-order valence-electron chi connectivity index (χ4n) is 2.65. The van der Waals surface area contributed by atoms with E-state index in [1.807, 2.05) is 12.1 Å². The molecule has 0 heterocycles. The normalized spacial score (nSPS) is 29.0. The Labute approximate surface area is 109 Å². The molecule has 0 radical (unpaired) electrons. The van der Waals surface area contributed by atoms with Crippen molar-refractivity contribution < 1.29 is 0 Å². The van der Waals surface area contributed by atoms with E-state index in [4.69, 9.17) is 17.3 Å². The van der Waals surface area contributed by atoms with Gasteiger partial charge in [0.05, 0.1) is 11.4 Å². The van der Waals surface area contributed by atoms with Gasteiger partial charge in [-0.05, 0) is 36.5 Å². The van der Waals surface area contributed by atoms with Gasteiger partial charge in [-0.15, -0.1) is 0 Å². The van der Waals surface area contributed by atoms with Crippen molar-refractivity contribution in [3.63, 3.8) is 0 Å². The van der Waals surface area contributed by atoms with Gasteiger partial charge in [-0.3, -0.25) is 0 Å². The molecule has 17 heavy (non-hydrogen) atoms. The Morgan fingerprint density at radius 3 is 2.76 bits per heavy atom. The number of rotatable bonds is 2. The third-order valence-electron chi connectivity index (χ3n) is 4.06. The summed E-state index contributed by atoms with van der Waals surface area (Å²) in [5, 5.41) is 4.27. The van der Waals surface area contributed by atoms with Crippen molar-refractivity contribution in [2.24, 2.45) is 11.8 Å². The van der Waals surface area contributed by atoms with Crippen LogP contribution in [0, 0.1) is 11.8 Å². The first kappa shape index (κ1) is 12.6. The number of halogens is 1. The first-order chi connectivity index (χ1) is 8.08. The molecule has 0 aromatic heterocycles. The second-order valence-electron chi connectivity index (χ2n) is 5.25. The summed E-state index contributed by atoms with van der Waals surface area (Å²) in [6.45, 7) is 4.66. The van der Waals surface area contributed by atoms with E-state index < -0.39 is 0 Å². The highest BCUT2D eigenvalue weighted by atomic mass is 35.5. The number of benzene rings is 1. The van der Waals surface area contributed by atoms with Crippen LogP contribution in [0.2, 0.25) is 5.02 Å². The van der Waals surface area contributed by atoms with Gasteiger partial charge in [0, 0.05) is 11.1 Å². The molecule has 0 aliphatic heterocycles. The van der Waals surface area contributed by atoms with Gasteiger partial charge in [0.1, 0.15) is 0 Å². The first-order valence-electron chi connectivity index (χ1n) is 6.39. The summed E-state index contributed by atoms with van der Waals surface area (Å²) in [7, 11) is 0. The van der Waals surface area contributed by atoms with E-state index >= 15 is 0 Å². The molecule has 94 valence electrons. The summed E-state index contributed by atoms with van der Waals surface area (Å²) < 4.78 is 0. The number of hydrogen-bond acceptors (Lipinski definition) is 2. The molecule has 3 heteroatoms. The van der Waals surface area contributed by atoms with E-state index in [1.165, 1.54) is 19.3 Å². The van der Waals surface area contributed by atoms with Crippen LogP contribution in [0.1, 0.15) is 33.1 Å². The fourth-order valence-corrected chi connectivity index (χ4v) is 2.83. The zero-order valence-electron chi connectivity index (χ0n) is 10.5. The van der Waals surface area contributed by atoms with E-state index in [2.05, 4.69) is 19.2 Å². The maximum atomic E-state index is 5.97. The van der Waals surface area contributed by atoms with Gasteiger partial charge in [-0.1, -0.05) is 38.3 Å². The van der Waals surface area contributed by atoms with E-state index in [1.54, 1.807) is 6.07 Å². The minimum Gasteiger partial charge on any atom is -0.397 e. The molecule has 3 unspecified atom stereocenters. The molecule has 0 spiro atoms. The number of hydrogen-bond donors (Lipinski definition) is 2. The Balaban J connectivity index is 2.09. The summed E-state index contributed by atoms with van der Waals surface area (Å²) in [5.41, 5.74) is 7.72. The maximum absolute atomic E-state index is 5.97. The molecule has 1 aliphatic rings. The van der Waals surface area contributed by atoms with E-state index in [0.717, 1.165) is 17.3 Å². The van der Waals surface area contributed by atoms with Crippen molar-refractivity contribution in [2.75, 3.05) is 11.1 Å². The van der Waals surface area contributed by atoms with Crippen molar-refractivity contribution in [2.45, 2.75) is 39.2 Å². The lowest BCUT2D eigenvalue weighted by atomic mass is 9.78. The molecule has 3 atom stereocenters. The Hall–Kier alpha value is -0.890. The summed E-state index contributed by atoms with van der Waals surface area (Å²) in [5.74, 6) is 1.48. The van der Waals surface area contributed by atoms with Gasteiger partial charge >= 0.3 is 0 Å². The van der Waals surface area contributed by atoms with Crippen molar-refractivity contribution in [3.05, 3.63) is 23.2 Å². The van der Waals surface area contributed by atoms with Gasteiger partial charge in [0.15, 0.2) is 0 Å². The van der Waals surface area contributed by atoms with Crippen molar-refractivity contribution >= 4 is 23.0 Å². The van der Waals surface area contributed by atoms with Crippen LogP contribution in [0.5, 0.6) is 0 Å². The third-order valence-corrected chi connectivity index (χ3v) is 4.30. The van der Waals surface area contributed by atoms with Gasteiger partial charge < -0.3 is 11.1 Å². The average Bonchev–Trinajstić information content (AvgIpc) is 2.28. The van der Waals surface area contributed by atoms with E-state index in [9.17, 15) is 0 Å². The molecule has 1 saturated carbocycles. The van der Waals surface area contributed by atoms with Gasteiger partial charge in [-0.2, -0.15) is 0 Å². The smallest absolute Gasteiger partial charge is 0.0577 e. The van der Waals surface area contributed by atoms with Crippen molar-refractivity contribution in [1.82, 2.24) is 0 Å². The molecule has 1 aromatic rings. The molecule has 1 fully saturated rings. The van der Waals surface area contributed by atoms with E-state index in [-0.39, 0.29) is 0 Å². The number of nitrogens with one attached hydrogen (secondary N) is 1. The zero-order chi connectivity index (χ0) is 12.4. The lowest BCUT2D eigenvalue weighted by Crippen LogP contribution is -2.35. The Morgan fingerprint density at radius 2 is 2.06 bits per heavy atom. The van der Waals surface area contributed by atoms with Crippen LogP contribution < -0.4 is 11.1 Å². The quantitative estimate of drug-likeness (QED) is 0.776. The topological polar surface area (TPSA) is 38.0 Å². The lowest BCUT2D eigenvalue weighted by Gasteiger charge is -2.35. The van der Waals surface area contributed by atoms with Crippen LogP contribution in [0.15, 0.2) is 18.2 Å². The Bertz CT molecular complexity index is 392. The second kappa shape index (κ2) is 5.18. The highest BCUT2D eigenvalue weighted by Crippen LogP contribution is 2.33. The summed E-state index contributed by atoms with van der Waals surface area (Å²) in [6, 6.07) is 6.20.